The van der Waals surface area contributed by atoms with Gasteiger partial charge in [-0.2, -0.15) is 0 Å². The van der Waals surface area contributed by atoms with Gasteiger partial charge in [0.2, 0.25) is 0 Å². The second kappa shape index (κ2) is 9.77. The van der Waals surface area contributed by atoms with Crippen LogP contribution in [0.25, 0.3) is 0 Å². The molecular formula is C26H38N2O. The van der Waals surface area contributed by atoms with E-state index in [1.54, 1.807) is 0 Å². The summed E-state index contributed by atoms with van der Waals surface area (Å²) in [4.78, 5) is 2.14. The summed E-state index contributed by atoms with van der Waals surface area (Å²) in [5, 5.41) is 3.68. The Labute approximate surface area is 177 Å². The summed E-state index contributed by atoms with van der Waals surface area (Å²) in [5.74, 6) is 1.27. The number of hydrogen-bond acceptors (Lipinski definition) is 3. The first-order valence-corrected chi connectivity index (χ1v) is 11.0. The molecule has 0 spiro atoms. The van der Waals surface area contributed by atoms with Gasteiger partial charge < -0.3 is 15.0 Å². The van der Waals surface area contributed by atoms with E-state index < -0.39 is 0 Å². The fourth-order valence-electron chi connectivity index (χ4n) is 4.51. The minimum atomic E-state index is -0.00647. The molecular weight excluding hydrogens is 356 g/mol. The molecule has 3 rings (SSSR count). The minimum absolute atomic E-state index is 0.00647. The first-order chi connectivity index (χ1) is 13.8. The topological polar surface area (TPSA) is 24.5 Å². The van der Waals surface area contributed by atoms with Gasteiger partial charge in [0.1, 0.15) is 0 Å². The molecule has 0 bridgehead atoms. The summed E-state index contributed by atoms with van der Waals surface area (Å²) in [6.45, 7) is 9.48. The average molecular weight is 395 g/mol. The van der Waals surface area contributed by atoms with Crippen molar-refractivity contribution in [2.24, 2.45) is 5.92 Å². The van der Waals surface area contributed by atoms with Crippen molar-refractivity contribution in [3.8, 4) is 0 Å². The summed E-state index contributed by atoms with van der Waals surface area (Å²) in [6.07, 6.45) is 3.46. The molecule has 29 heavy (non-hydrogen) atoms. The van der Waals surface area contributed by atoms with Crippen LogP contribution in [0.1, 0.15) is 55.7 Å². The smallest absolute Gasteiger partial charge is 0.0629 e. The van der Waals surface area contributed by atoms with Gasteiger partial charge in [-0.25, -0.2) is 0 Å². The Morgan fingerprint density at radius 2 is 1.76 bits per heavy atom. The maximum Gasteiger partial charge on any atom is 0.0629 e. The van der Waals surface area contributed by atoms with Crippen LogP contribution in [0.3, 0.4) is 0 Å². The van der Waals surface area contributed by atoms with Crippen LogP contribution < -0.4 is 10.2 Å². The van der Waals surface area contributed by atoms with Gasteiger partial charge in [-0.15, -0.1) is 0 Å². The van der Waals surface area contributed by atoms with Crippen LogP contribution in [0.4, 0.5) is 5.69 Å². The van der Waals surface area contributed by atoms with E-state index in [9.17, 15) is 0 Å². The molecule has 0 saturated carbocycles. The van der Waals surface area contributed by atoms with Gasteiger partial charge in [0.25, 0.3) is 0 Å². The molecule has 1 N–H and O–H groups in total. The first-order valence-electron chi connectivity index (χ1n) is 11.0. The van der Waals surface area contributed by atoms with Crippen LogP contribution in [-0.4, -0.2) is 32.8 Å². The normalized spacial score (nSPS) is 19.7. The van der Waals surface area contributed by atoms with E-state index in [1.165, 1.54) is 28.8 Å². The molecule has 158 valence electrons. The molecule has 0 aromatic heterocycles. The molecule has 0 amide bonds. The van der Waals surface area contributed by atoms with Crippen molar-refractivity contribution >= 4 is 5.69 Å². The van der Waals surface area contributed by atoms with Gasteiger partial charge in [-0.05, 0) is 81.7 Å². The highest BCUT2D eigenvalue weighted by atomic mass is 16.5. The van der Waals surface area contributed by atoms with Gasteiger partial charge in [0.05, 0.1) is 5.60 Å². The Morgan fingerprint density at radius 1 is 1.07 bits per heavy atom. The Kier molecular flexibility index (Phi) is 7.37. The van der Waals surface area contributed by atoms with Crippen LogP contribution in [0.15, 0.2) is 48.5 Å². The zero-order chi connectivity index (χ0) is 20.9. The van der Waals surface area contributed by atoms with Crippen molar-refractivity contribution in [3.05, 3.63) is 65.2 Å². The number of hydrogen-bond donors (Lipinski definition) is 1. The summed E-state index contributed by atoms with van der Waals surface area (Å²) in [6, 6.07) is 18.0. The third kappa shape index (κ3) is 6.32. The standard InChI is InChI=1S/C26H38N2O/c1-20-6-10-22(11-7-20)25(23-15-17-29-26(2,3)18-23)14-16-27-19-21-8-12-24(13-9-21)28(4)5/h6-13,23,25,27H,14-19H2,1-5H3/t23-,25-/m1/s1. The number of anilines is 1. The third-order valence-corrected chi connectivity index (χ3v) is 6.22. The van der Waals surface area contributed by atoms with Crippen molar-refractivity contribution in [1.82, 2.24) is 5.32 Å². The highest BCUT2D eigenvalue weighted by Gasteiger charge is 2.33. The van der Waals surface area contributed by atoms with E-state index in [2.05, 4.69) is 93.6 Å². The van der Waals surface area contributed by atoms with Crippen LogP contribution in [0.2, 0.25) is 0 Å². The lowest BCUT2D eigenvalue weighted by Crippen LogP contribution is -2.36. The van der Waals surface area contributed by atoms with E-state index in [-0.39, 0.29) is 5.60 Å². The van der Waals surface area contributed by atoms with Gasteiger partial charge in [0.15, 0.2) is 0 Å². The summed E-state index contributed by atoms with van der Waals surface area (Å²) >= 11 is 0. The van der Waals surface area contributed by atoms with Gasteiger partial charge in [-0.1, -0.05) is 42.0 Å². The molecule has 1 heterocycles. The van der Waals surface area contributed by atoms with Gasteiger partial charge >= 0.3 is 0 Å². The van der Waals surface area contributed by atoms with Crippen LogP contribution in [0, 0.1) is 12.8 Å². The zero-order valence-corrected chi connectivity index (χ0v) is 18.9. The number of benzene rings is 2. The molecule has 0 aliphatic carbocycles. The predicted molar refractivity (Wildman–Crippen MR) is 124 cm³/mol. The lowest BCUT2D eigenvalue weighted by molar-refractivity contribution is -0.0771. The maximum absolute atomic E-state index is 5.99. The molecule has 3 nitrogen and oxygen atoms in total. The summed E-state index contributed by atoms with van der Waals surface area (Å²) in [7, 11) is 4.16. The van der Waals surface area contributed by atoms with Gasteiger partial charge in [-0.3, -0.25) is 0 Å². The SMILES string of the molecule is Cc1ccc([C@@H](CCNCc2ccc(N(C)C)cc2)[C@@H]2CCOC(C)(C)C2)cc1. The van der Waals surface area contributed by atoms with Crippen LogP contribution >= 0.6 is 0 Å². The Balaban J connectivity index is 1.60. The summed E-state index contributed by atoms with van der Waals surface area (Å²) in [5.41, 5.74) is 5.40. The molecule has 0 radical (unpaired) electrons. The Morgan fingerprint density at radius 3 is 2.38 bits per heavy atom. The number of ether oxygens (including phenoxy) is 1. The highest BCUT2D eigenvalue weighted by molar-refractivity contribution is 5.45. The Bertz CT molecular complexity index is 749. The van der Waals surface area contributed by atoms with E-state index in [0.717, 1.165) is 32.5 Å². The minimum Gasteiger partial charge on any atom is -0.378 e. The van der Waals surface area contributed by atoms with E-state index in [1.807, 2.05) is 0 Å². The highest BCUT2D eigenvalue weighted by Crippen LogP contribution is 2.39. The lowest BCUT2D eigenvalue weighted by Gasteiger charge is -2.39. The zero-order valence-electron chi connectivity index (χ0n) is 18.9. The molecule has 2 atom stereocenters. The molecule has 1 aliphatic rings. The molecule has 1 saturated heterocycles. The van der Waals surface area contributed by atoms with E-state index in [4.69, 9.17) is 4.74 Å². The fraction of sp³-hybridized carbons (Fsp3) is 0.538. The van der Waals surface area contributed by atoms with Crippen molar-refractivity contribution in [1.29, 1.82) is 0 Å². The molecule has 0 unspecified atom stereocenters. The maximum atomic E-state index is 5.99. The van der Waals surface area contributed by atoms with Crippen LogP contribution in [0.5, 0.6) is 0 Å². The molecule has 2 aromatic rings. The Hall–Kier alpha value is -1.84. The second-order valence-corrected chi connectivity index (χ2v) is 9.40. The van der Waals surface area contributed by atoms with Gasteiger partial charge in [0, 0.05) is 32.9 Å². The quantitative estimate of drug-likeness (QED) is 0.596. The largest absolute Gasteiger partial charge is 0.378 e. The molecule has 2 aromatic carbocycles. The van der Waals surface area contributed by atoms with E-state index >= 15 is 0 Å². The number of aryl methyl sites for hydroxylation is 1. The van der Waals surface area contributed by atoms with Crippen LogP contribution in [-0.2, 0) is 11.3 Å². The third-order valence-electron chi connectivity index (χ3n) is 6.22. The van der Waals surface area contributed by atoms with E-state index in [0.29, 0.717) is 11.8 Å². The van der Waals surface area contributed by atoms with Crippen molar-refractivity contribution in [2.45, 2.75) is 58.1 Å². The summed E-state index contributed by atoms with van der Waals surface area (Å²) < 4.78 is 5.99. The van der Waals surface area contributed by atoms with Crippen molar-refractivity contribution < 1.29 is 4.74 Å². The number of nitrogens with one attached hydrogen (secondary N) is 1. The molecule has 1 fully saturated rings. The number of rotatable bonds is 8. The first kappa shape index (κ1) is 21.9. The molecule has 1 aliphatic heterocycles. The molecule has 3 heteroatoms. The lowest BCUT2D eigenvalue weighted by atomic mass is 9.75. The van der Waals surface area contributed by atoms with Crippen molar-refractivity contribution in [3.63, 3.8) is 0 Å². The van der Waals surface area contributed by atoms with Crippen molar-refractivity contribution in [2.75, 3.05) is 32.1 Å². The second-order valence-electron chi connectivity index (χ2n) is 9.40. The number of nitrogens with zero attached hydrogens (tertiary/aromatic N) is 1. The fourth-order valence-corrected chi connectivity index (χ4v) is 4.51. The average Bonchev–Trinajstić information content (AvgIpc) is 2.68. The predicted octanol–water partition coefficient (Wildman–Crippen LogP) is 5.53. The monoisotopic (exact) mass is 394 g/mol.